The Morgan fingerprint density at radius 1 is 1.19 bits per heavy atom. The number of benzene rings is 1. The van der Waals surface area contributed by atoms with Gasteiger partial charge in [-0.15, -0.1) is 0 Å². The first-order valence-corrected chi connectivity index (χ1v) is 6.26. The molecule has 0 radical (unpaired) electrons. The molecule has 0 aliphatic carbocycles. The first-order chi connectivity index (χ1) is 7.45. The Bertz CT molecular complexity index is 451. The van der Waals surface area contributed by atoms with Crippen molar-refractivity contribution in [1.29, 1.82) is 0 Å². The van der Waals surface area contributed by atoms with Crippen LogP contribution in [0.2, 0.25) is 0 Å². The Labute approximate surface area is 94.9 Å². The number of hydrogen-bond donors (Lipinski definition) is 2. The van der Waals surface area contributed by atoms with Gasteiger partial charge in [-0.25, -0.2) is 13.1 Å². The van der Waals surface area contributed by atoms with E-state index in [9.17, 15) is 13.2 Å². The normalized spacial score (nSPS) is 11.4. The lowest BCUT2D eigenvalue weighted by molar-refractivity contribution is -0.105. The second-order valence-corrected chi connectivity index (χ2v) is 5.28. The smallest absolute Gasteiger partial charge is 0.240 e. The molecule has 5 nitrogen and oxygen atoms in total. The van der Waals surface area contributed by atoms with Crippen molar-refractivity contribution < 1.29 is 13.2 Å². The van der Waals surface area contributed by atoms with Crippen LogP contribution in [-0.4, -0.2) is 20.9 Å². The third kappa shape index (κ3) is 3.32. The Morgan fingerprint density at radius 2 is 1.75 bits per heavy atom. The number of hydrogen-bond acceptors (Lipinski definition) is 3. The summed E-state index contributed by atoms with van der Waals surface area (Å²) < 4.78 is 25.9. The zero-order valence-corrected chi connectivity index (χ0v) is 9.91. The number of anilines is 1. The van der Waals surface area contributed by atoms with Crippen molar-refractivity contribution >= 4 is 22.1 Å². The van der Waals surface area contributed by atoms with Crippen LogP contribution >= 0.6 is 0 Å². The van der Waals surface area contributed by atoms with Crippen molar-refractivity contribution in [2.75, 3.05) is 5.32 Å². The van der Waals surface area contributed by atoms with Crippen molar-refractivity contribution in [1.82, 2.24) is 4.72 Å². The van der Waals surface area contributed by atoms with Crippen molar-refractivity contribution in [3.63, 3.8) is 0 Å². The zero-order valence-electron chi connectivity index (χ0n) is 9.10. The molecule has 0 heterocycles. The number of rotatable bonds is 5. The molecule has 0 spiro atoms. The fourth-order valence-corrected chi connectivity index (χ4v) is 2.43. The van der Waals surface area contributed by atoms with E-state index in [1.807, 2.05) is 0 Å². The molecule has 0 saturated carbocycles. The van der Waals surface area contributed by atoms with Crippen LogP contribution in [0.4, 0.5) is 5.69 Å². The molecule has 0 unspecified atom stereocenters. The Hall–Kier alpha value is -1.40. The highest BCUT2D eigenvalue weighted by molar-refractivity contribution is 7.89. The van der Waals surface area contributed by atoms with Crippen LogP contribution < -0.4 is 10.0 Å². The minimum absolute atomic E-state index is 0.155. The average Bonchev–Trinajstić information content (AvgIpc) is 2.17. The Kier molecular flexibility index (Phi) is 4.03. The standard InChI is InChI=1S/C10H14N2O3S/c1-8(2)12-16(14,15)10-5-3-9(4-6-10)11-7-13/h3-8,12H,1-2H3,(H,11,13). The van der Waals surface area contributed by atoms with Crippen LogP contribution in [0.15, 0.2) is 29.2 Å². The van der Waals surface area contributed by atoms with E-state index in [2.05, 4.69) is 10.0 Å². The maximum Gasteiger partial charge on any atom is 0.240 e. The van der Waals surface area contributed by atoms with E-state index in [0.29, 0.717) is 12.1 Å². The van der Waals surface area contributed by atoms with Gasteiger partial charge in [0.15, 0.2) is 0 Å². The predicted molar refractivity (Wildman–Crippen MR) is 61.6 cm³/mol. The molecule has 88 valence electrons. The maximum absolute atomic E-state index is 11.7. The predicted octanol–water partition coefficient (Wildman–Crippen LogP) is 0.942. The van der Waals surface area contributed by atoms with Gasteiger partial charge in [0, 0.05) is 11.7 Å². The quantitative estimate of drug-likeness (QED) is 0.755. The van der Waals surface area contributed by atoms with E-state index >= 15 is 0 Å². The van der Waals surface area contributed by atoms with Gasteiger partial charge in [-0.1, -0.05) is 0 Å². The summed E-state index contributed by atoms with van der Waals surface area (Å²) in [5.74, 6) is 0. The van der Waals surface area contributed by atoms with Gasteiger partial charge in [0.05, 0.1) is 4.90 Å². The largest absolute Gasteiger partial charge is 0.329 e. The SMILES string of the molecule is CC(C)NS(=O)(=O)c1ccc(NC=O)cc1. The summed E-state index contributed by atoms with van der Waals surface area (Å²) in [5.41, 5.74) is 0.554. The number of amides is 1. The van der Waals surface area contributed by atoms with Gasteiger partial charge in [0.2, 0.25) is 16.4 Å². The molecule has 0 aliphatic heterocycles. The molecular weight excluding hydrogens is 228 g/mol. The lowest BCUT2D eigenvalue weighted by Gasteiger charge is -2.09. The second kappa shape index (κ2) is 5.09. The number of carbonyl (C=O) groups excluding carboxylic acids is 1. The highest BCUT2D eigenvalue weighted by Crippen LogP contribution is 2.13. The van der Waals surface area contributed by atoms with Gasteiger partial charge in [0.25, 0.3) is 0 Å². The van der Waals surface area contributed by atoms with E-state index in [-0.39, 0.29) is 10.9 Å². The molecule has 0 aliphatic rings. The molecule has 2 N–H and O–H groups in total. The molecule has 16 heavy (non-hydrogen) atoms. The monoisotopic (exact) mass is 242 g/mol. The van der Waals surface area contributed by atoms with Crippen LogP contribution in [0.5, 0.6) is 0 Å². The lowest BCUT2D eigenvalue weighted by atomic mass is 10.3. The summed E-state index contributed by atoms with van der Waals surface area (Å²) in [4.78, 5) is 10.3. The molecule has 0 bridgehead atoms. The van der Waals surface area contributed by atoms with Gasteiger partial charge < -0.3 is 5.32 Å². The molecule has 0 aromatic heterocycles. The minimum atomic E-state index is -3.46. The highest BCUT2D eigenvalue weighted by atomic mass is 32.2. The molecule has 1 rings (SSSR count). The van der Waals surface area contributed by atoms with Crippen LogP contribution in [0, 0.1) is 0 Å². The summed E-state index contributed by atoms with van der Waals surface area (Å²) in [7, 11) is -3.46. The second-order valence-electron chi connectivity index (χ2n) is 3.56. The van der Waals surface area contributed by atoms with E-state index in [0.717, 1.165) is 0 Å². The summed E-state index contributed by atoms with van der Waals surface area (Å²) in [6.07, 6.45) is 0.538. The molecule has 6 heteroatoms. The zero-order chi connectivity index (χ0) is 12.2. The Balaban J connectivity index is 2.93. The maximum atomic E-state index is 11.7. The molecule has 0 fully saturated rings. The first kappa shape index (κ1) is 12.7. The van der Waals surface area contributed by atoms with Crippen molar-refractivity contribution in [2.24, 2.45) is 0 Å². The molecule has 1 aromatic rings. The van der Waals surface area contributed by atoms with E-state index in [1.165, 1.54) is 24.3 Å². The average molecular weight is 242 g/mol. The number of nitrogens with one attached hydrogen (secondary N) is 2. The Morgan fingerprint density at radius 3 is 2.19 bits per heavy atom. The summed E-state index contributed by atoms with van der Waals surface area (Å²) in [6.45, 7) is 3.50. The highest BCUT2D eigenvalue weighted by Gasteiger charge is 2.14. The third-order valence-electron chi connectivity index (χ3n) is 1.78. The third-order valence-corrected chi connectivity index (χ3v) is 3.46. The van der Waals surface area contributed by atoms with Gasteiger partial charge >= 0.3 is 0 Å². The van der Waals surface area contributed by atoms with E-state index in [1.54, 1.807) is 13.8 Å². The van der Waals surface area contributed by atoms with Crippen LogP contribution in [-0.2, 0) is 14.8 Å². The topological polar surface area (TPSA) is 75.3 Å². The van der Waals surface area contributed by atoms with Crippen molar-refractivity contribution in [3.05, 3.63) is 24.3 Å². The number of carbonyl (C=O) groups is 1. The van der Waals surface area contributed by atoms with Gasteiger partial charge in [-0.05, 0) is 38.1 Å². The van der Waals surface area contributed by atoms with Crippen molar-refractivity contribution in [3.8, 4) is 0 Å². The molecule has 1 aromatic carbocycles. The van der Waals surface area contributed by atoms with Crippen LogP contribution in [0.25, 0.3) is 0 Å². The summed E-state index contributed by atoms with van der Waals surface area (Å²) >= 11 is 0. The number of sulfonamides is 1. The van der Waals surface area contributed by atoms with Crippen LogP contribution in [0.3, 0.4) is 0 Å². The molecule has 1 amide bonds. The lowest BCUT2D eigenvalue weighted by Crippen LogP contribution is -2.30. The van der Waals surface area contributed by atoms with E-state index in [4.69, 9.17) is 0 Å². The fraction of sp³-hybridized carbons (Fsp3) is 0.300. The summed E-state index contributed by atoms with van der Waals surface area (Å²) in [6, 6.07) is 5.79. The van der Waals surface area contributed by atoms with Gasteiger partial charge in [-0.2, -0.15) is 0 Å². The fourth-order valence-electron chi connectivity index (χ4n) is 1.18. The summed E-state index contributed by atoms with van der Waals surface area (Å²) in [5, 5.41) is 2.43. The van der Waals surface area contributed by atoms with Gasteiger partial charge in [-0.3, -0.25) is 4.79 Å². The van der Waals surface area contributed by atoms with Crippen molar-refractivity contribution in [2.45, 2.75) is 24.8 Å². The van der Waals surface area contributed by atoms with E-state index < -0.39 is 10.0 Å². The minimum Gasteiger partial charge on any atom is -0.329 e. The molecule has 0 atom stereocenters. The first-order valence-electron chi connectivity index (χ1n) is 4.78. The van der Waals surface area contributed by atoms with Gasteiger partial charge in [0.1, 0.15) is 0 Å². The van der Waals surface area contributed by atoms with Crippen LogP contribution in [0.1, 0.15) is 13.8 Å². The molecular formula is C10H14N2O3S. The molecule has 0 saturated heterocycles.